The van der Waals surface area contributed by atoms with E-state index in [1.54, 1.807) is 0 Å². The molecule has 0 aliphatic carbocycles. The van der Waals surface area contributed by atoms with E-state index in [0.717, 1.165) is 34.6 Å². The molecule has 0 saturated heterocycles. The summed E-state index contributed by atoms with van der Waals surface area (Å²) in [7, 11) is 0. The Morgan fingerprint density at radius 3 is 2.74 bits per heavy atom. The zero-order valence-corrected chi connectivity index (χ0v) is 13.1. The van der Waals surface area contributed by atoms with Gasteiger partial charge in [-0.05, 0) is 44.0 Å². The SMILES string of the molecule is CCc1cc(Br)ccc1Nc1c(N)c(C)nn1CC. The van der Waals surface area contributed by atoms with Crippen LogP contribution in [0.1, 0.15) is 25.1 Å². The van der Waals surface area contributed by atoms with Crippen molar-refractivity contribution in [1.82, 2.24) is 9.78 Å². The molecule has 4 nitrogen and oxygen atoms in total. The molecule has 0 amide bonds. The van der Waals surface area contributed by atoms with Gasteiger partial charge >= 0.3 is 0 Å². The average molecular weight is 323 g/mol. The summed E-state index contributed by atoms with van der Waals surface area (Å²) < 4.78 is 2.98. The first-order valence-electron chi connectivity index (χ1n) is 6.45. The molecule has 2 aromatic rings. The molecular formula is C14H19BrN4. The third-order valence-corrected chi connectivity index (χ3v) is 3.67. The maximum Gasteiger partial charge on any atom is 0.152 e. The summed E-state index contributed by atoms with van der Waals surface area (Å²) in [4.78, 5) is 0. The van der Waals surface area contributed by atoms with Crippen molar-refractivity contribution in [2.75, 3.05) is 11.1 Å². The first-order chi connectivity index (χ1) is 9.06. The molecule has 3 N–H and O–H groups in total. The van der Waals surface area contributed by atoms with Gasteiger partial charge in [-0.15, -0.1) is 0 Å². The van der Waals surface area contributed by atoms with Crippen molar-refractivity contribution in [1.29, 1.82) is 0 Å². The highest BCUT2D eigenvalue weighted by atomic mass is 79.9. The number of rotatable bonds is 4. The number of nitrogen functional groups attached to an aromatic ring is 1. The number of nitrogens with two attached hydrogens (primary N) is 1. The van der Waals surface area contributed by atoms with E-state index in [1.807, 2.05) is 17.7 Å². The van der Waals surface area contributed by atoms with E-state index in [0.29, 0.717) is 5.69 Å². The molecule has 0 bridgehead atoms. The second-order valence-electron chi connectivity index (χ2n) is 4.44. The number of hydrogen-bond donors (Lipinski definition) is 2. The largest absolute Gasteiger partial charge is 0.394 e. The molecule has 0 radical (unpaired) electrons. The molecule has 0 fully saturated rings. The van der Waals surface area contributed by atoms with E-state index in [9.17, 15) is 0 Å². The summed E-state index contributed by atoms with van der Waals surface area (Å²) in [5.41, 5.74) is 9.99. The van der Waals surface area contributed by atoms with Crippen LogP contribution in [0.25, 0.3) is 0 Å². The second kappa shape index (κ2) is 5.65. The van der Waals surface area contributed by atoms with E-state index in [4.69, 9.17) is 5.73 Å². The molecule has 5 heteroatoms. The third-order valence-electron chi connectivity index (χ3n) is 3.17. The quantitative estimate of drug-likeness (QED) is 0.898. The maximum absolute atomic E-state index is 6.09. The number of nitrogens with zero attached hydrogens (tertiary/aromatic N) is 2. The lowest BCUT2D eigenvalue weighted by Crippen LogP contribution is -2.05. The number of anilines is 3. The lowest BCUT2D eigenvalue weighted by molar-refractivity contribution is 0.661. The first-order valence-corrected chi connectivity index (χ1v) is 7.24. The molecule has 0 saturated carbocycles. The van der Waals surface area contributed by atoms with Crippen LogP contribution in [0.4, 0.5) is 17.2 Å². The number of hydrogen-bond acceptors (Lipinski definition) is 3. The summed E-state index contributed by atoms with van der Waals surface area (Å²) in [6, 6.07) is 6.21. The molecule has 1 aromatic heterocycles. The average Bonchev–Trinajstić information content (AvgIpc) is 2.68. The molecular weight excluding hydrogens is 304 g/mol. The summed E-state index contributed by atoms with van der Waals surface area (Å²) >= 11 is 3.50. The van der Waals surface area contributed by atoms with Gasteiger partial charge in [-0.2, -0.15) is 5.10 Å². The van der Waals surface area contributed by atoms with Crippen molar-refractivity contribution in [3.63, 3.8) is 0 Å². The minimum Gasteiger partial charge on any atom is -0.394 e. The predicted octanol–water partition coefficient (Wildman–Crippen LogP) is 3.86. The Morgan fingerprint density at radius 1 is 1.37 bits per heavy atom. The minimum absolute atomic E-state index is 0.715. The van der Waals surface area contributed by atoms with E-state index in [1.165, 1.54) is 5.56 Å². The van der Waals surface area contributed by atoms with Crippen molar-refractivity contribution in [3.8, 4) is 0 Å². The second-order valence-corrected chi connectivity index (χ2v) is 5.36. The maximum atomic E-state index is 6.09. The van der Waals surface area contributed by atoms with Gasteiger partial charge < -0.3 is 11.1 Å². The van der Waals surface area contributed by atoms with Crippen LogP contribution in [-0.4, -0.2) is 9.78 Å². The number of benzene rings is 1. The lowest BCUT2D eigenvalue weighted by Gasteiger charge is -2.13. The standard InChI is InChI=1S/C14H19BrN4/c1-4-10-8-11(15)6-7-12(10)17-14-13(16)9(3)18-19(14)5-2/h6-8,17H,4-5,16H2,1-3H3. The van der Waals surface area contributed by atoms with Crippen LogP contribution in [0.15, 0.2) is 22.7 Å². The van der Waals surface area contributed by atoms with Crippen LogP contribution in [0, 0.1) is 6.92 Å². The van der Waals surface area contributed by atoms with E-state index < -0.39 is 0 Å². The molecule has 0 atom stereocenters. The van der Waals surface area contributed by atoms with Gasteiger partial charge in [0.1, 0.15) is 0 Å². The topological polar surface area (TPSA) is 55.9 Å². The van der Waals surface area contributed by atoms with Crippen LogP contribution in [0.2, 0.25) is 0 Å². The lowest BCUT2D eigenvalue weighted by atomic mass is 10.1. The highest BCUT2D eigenvalue weighted by Crippen LogP contribution is 2.29. The predicted molar refractivity (Wildman–Crippen MR) is 83.9 cm³/mol. The molecule has 1 aromatic carbocycles. The van der Waals surface area contributed by atoms with Gasteiger partial charge in [0.05, 0.1) is 11.4 Å². The Kier molecular flexibility index (Phi) is 4.14. The molecule has 19 heavy (non-hydrogen) atoms. The van der Waals surface area contributed by atoms with Gasteiger partial charge in [0.25, 0.3) is 0 Å². The summed E-state index contributed by atoms with van der Waals surface area (Å²) in [5, 5.41) is 7.83. The fraction of sp³-hybridized carbons (Fsp3) is 0.357. The van der Waals surface area contributed by atoms with Crippen LogP contribution in [0.5, 0.6) is 0 Å². The van der Waals surface area contributed by atoms with Crippen molar-refractivity contribution in [2.24, 2.45) is 0 Å². The van der Waals surface area contributed by atoms with Crippen molar-refractivity contribution >= 4 is 33.1 Å². The van der Waals surface area contributed by atoms with Crippen molar-refractivity contribution in [3.05, 3.63) is 33.9 Å². The van der Waals surface area contributed by atoms with Crippen LogP contribution in [0.3, 0.4) is 0 Å². The van der Waals surface area contributed by atoms with Crippen LogP contribution in [-0.2, 0) is 13.0 Å². The highest BCUT2D eigenvalue weighted by Gasteiger charge is 2.12. The fourth-order valence-electron chi connectivity index (χ4n) is 2.06. The van der Waals surface area contributed by atoms with E-state index >= 15 is 0 Å². The zero-order valence-electron chi connectivity index (χ0n) is 11.5. The van der Waals surface area contributed by atoms with Crippen LogP contribution < -0.4 is 11.1 Å². The molecule has 0 aliphatic rings. The Hall–Kier alpha value is -1.49. The number of aromatic nitrogens is 2. The molecule has 0 aliphatic heterocycles. The van der Waals surface area contributed by atoms with Gasteiger partial charge in [0, 0.05) is 16.7 Å². The Bertz CT molecular complexity index is 589. The van der Waals surface area contributed by atoms with E-state index in [2.05, 4.69) is 52.3 Å². The van der Waals surface area contributed by atoms with E-state index in [-0.39, 0.29) is 0 Å². The summed E-state index contributed by atoms with van der Waals surface area (Å²) in [6.07, 6.45) is 0.959. The molecule has 0 unspecified atom stereocenters. The molecule has 102 valence electrons. The normalized spacial score (nSPS) is 10.7. The fourth-order valence-corrected chi connectivity index (χ4v) is 2.47. The zero-order chi connectivity index (χ0) is 14.0. The number of aryl methyl sites for hydroxylation is 3. The number of nitrogens with one attached hydrogen (secondary N) is 1. The smallest absolute Gasteiger partial charge is 0.152 e. The Morgan fingerprint density at radius 2 is 2.11 bits per heavy atom. The Labute approximate surface area is 122 Å². The summed E-state index contributed by atoms with van der Waals surface area (Å²) in [6.45, 7) is 6.91. The Balaban J connectivity index is 2.41. The summed E-state index contributed by atoms with van der Waals surface area (Å²) in [5.74, 6) is 0.872. The molecule has 2 rings (SSSR count). The minimum atomic E-state index is 0.715. The van der Waals surface area contributed by atoms with Crippen LogP contribution >= 0.6 is 15.9 Å². The van der Waals surface area contributed by atoms with Gasteiger partial charge in [-0.1, -0.05) is 22.9 Å². The van der Waals surface area contributed by atoms with Crippen molar-refractivity contribution in [2.45, 2.75) is 33.7 Å². The van der Waals surface area contributed by atoms with Crippen molar-refractivity contribution < 1.29 is 0 Å². The molecule has 0 spiro atoms. The van der Waals surface area contributed by atoms with Gasteiger partial charge in [-0.3, -0.25) is 0 Å². The third kappa shape index (κ3) is 2.76. The number of halogens is 1. The van der Waals surface area contributed by atoms with Gasteiger partial charge in [0.2, 0.25) is 0 Å². The molecule has 1 heterocycles. The van der Waals surface area contributed by atoms with Gasteiger partial charge in [0.15, 0.2) is 5.82 Å². The highest BCUT2D eigenvalue weighted by molar-refractivity contribution is 9.10. The monoisotopic (exact) mass is 322 g/mol. The van der Waals surface area contributed by atoms with Gasteiger partial charge in [-0.25, -0.2) is 4.68 Å². The first kappa shape index (κ1) is 13.9.